The Hall–Kier alpha value is -2.44. The van der Waals surface area contributed by atoms with E-state index < -0.39 is 11.8 Å². The van der Waals surface area contributed by atoms with Gasteiger partial charge in [-0.2, -0.15) is 0 Å². The number of carbonyl (C=O) groups excluding carboxylic acids is 1. The molecule has 2 N–H and O–H groups in total. The first kappa shape index (κ1) is 16.4. The summed E-state index contributed by atoms with van der Waals surface area (Å²) in [4.78, 5) is 14.5. The van der Waals surface area contributed by atoms with Gasteiger partial charge in [-0.3, -0.25) is 10.0 Å². The number of hydroxylamine groups is 1. The van der Waals surface area contributed by atoms with Crippen molar-refractivity contribution in [1.29, 1.82) is 0 Å². The van der Waals surface area contributed by atoms with E-state index in [-0.39, 0.29) is 5.82 Å². The third-order valence-electron chi connectivity index (χ3n) is 4.18. The summed E-state index contributed by atoms with van der Waals surface area (Å²) in [6, 6.07) is 13.3. The second-order valence-electron chi connectivity index (χ2n) is 5.62. The first-order valence-electron chi connectivity index (χ1n) is 7.81. The predicted octanol–water partition coefficient (Wildman–Crippen LogP) is 2.30. The minimum atomic E-state index is -0.727. The standard InChI is InChI=1S/C18H19FN2O3/c19-14-7-5-13(6-8-14)17(18(22)20-23)15-3-1-2-4-16(15)21-9-11-24-12-10-21/h1-8,17,23H,9-12H2,(H,20,22). The number of benzene rings is 2. The monoisotopic (exact) mass is 330 g/mol. The van der Waals surface area contributed by atoms with Gasteiger partial charge in [-0.15, -0.1) is 0 Å². The second-order valence-corrected chi connectivity index (χ2v) is 5.62. The molecule has 0 aliphatic carbocycles. The van der Waals surface area contributed by atoms with Crippen LogP contribution in [-0.2, 0) is 9.53 Å². The Kier molecular flexibility index (Phi) is 5.08. The lowest BCUT2D eigenvalue weighted by atomic mass is 9.89. The minimum absolute atomic E-state index is 0.372. The zero-order chi connectivity index (χ0) is 16.9. The number of rotatable bonds is 4. The van der Waals surface area contributed by atoms with Gasteiger partial charge in [0.15, 0.2) is 0 Å². The number of halogens is 1. The van der Waals surface area contributed by atoms with Crippen molar-refractivity contribution < 1.29 is 19.1 Å². The maximum atomic E-state index is 13.2. The van der Waals surface area contributed by atoms with Gasteiger partial charge in [0.1, 0.15) is 5.82 Å². The van der Waals surface area contributed by atoms with Crippen LogP contribution in [0.1, 0.15) is 17.0 Å². The highest BCUT2D eigenvalue weighted by Crippen LogP contribution is 2.33. The molecule has 1 atom stereocenters. The SMILES string of the molecule is O=C(NO)C(c1ccc(F)cc1)c1ccccc1N1CCOCC1. The van der Waals surface area contributed by atoms with E-state index in [2.05, 4.69) is 4.90 Å². The van der Waals surface area contributed by atoms with Crippen molar-refractivity contribution in [3.05, 3.63) is 65.5 Å². The number of nitrogens with zero attached hydrogens (tertiary/aromatic N) is 1. The first-order valence-corrected chi connectivity index (χ1v) is 7.81. The number of anilines is 1. The summed E-state index contributed by atoms with van der Waals surface area (Å²) in [5.74, 6) is -1.65. The number of para-hydroxylation sites is 1. The number of carbonyl (C=O) groups is 1. The number of hydrogen-bond donors (Lipinski definition) is 2. The summed E-state index contributed by atoms with van der Waals surface area (Å²) in [6.45, 7) is 2.71. The van der Waals surface area contributed by atoms with E-state index in [0.717, 1.165) is 24.3 Å². The Morgan fingerprint density at radius 1 is 1.12 bits per heavy atom. The Balaban J connectivity index is 2.04. The Bertz CT molecular complexity index is 700. The molecule has 0 aromatic heterocycles. The van der Waals surface area contributed by atoms with E-state index in [4.69, 9.17) is 4.74 Å². The van der Waals surface area contributed by atoms with E-state index in [0.29, 0.717) is 18.8 Å². The molecule has 1 fully saturated rings. The maximum absolute atomic E-state index is 13.2. The van der Waals surface area contributed by atoms with Gasteiger partial charge in [0.25, 0.3) is 5.91 Å². The van der Waals surface area contributed by atoms with Crippen molar-refractivity contribution in [2.45, 2.75) is 5.92 Å². The van der Waals surface area contributed by atoms with Crippen molar-refractivity contribution in [3.63, 3.8) is 0 Å². The summed E-state index contributed by atoms with van der Waals surface area (Å²) in [6.07, 6.45) is 0. The molecule has 126 valence electrons. The molecular formula is C18H19FN2O3. The van der Waals surface area contributed by atoms with Crippen LogP contribution in [0.2, 0.25) is 0 Å². The number of ether oxygens (including phenoxy) is 1. The van der Waals surface area contributed by atoms with Crippen molar-refractivity contribution in [1.82, 2.24) is 5.48 Å². The van der Waals surface area contributed by atoms with Gasteiger partial charge in [0.05, 0.1) is 19.1 Å². The predicted molar refractivity (Wildman–Crippen MR) is 87.6 cm³/mol. The lowest BCUT2D eigenvalue weighted by Crippen LogP contribution is -2.37. The van der Waals surface area contributed by atoms with Gasteiger partial charge < -0.3 is 9.64 Å². The third-order valence-corrected chi connectivity index (χ3v) is 4.18. The van der Waals surface area contributed by atoms with E-state index in [9.17, 15) is 14.4 Å². The normalized spacial score (nSPS) is 15.8. The van der Waals surface area contributed by atoms with E-state index >= 15 is 0 Å². The van der Waals surface area contributed by atoms with Gasteiger partial charge in [-0.05, 0) is 29.3 Å². The zero-order valence-corrected chi connectivity index (χ0v) is 13.1. The van der Waals surface area contributed by atoms with Crippen LogP contribution in [0.4, 0.5) is 10.1 Å². The van der Waals surface area contributed by atoms with Crippen LogP contribution in [0.25, 0.3) is 0 Å². The molecule has 1 saturated heterocycles. The zero-order valence-electron chi connectivity index (χ0n) is 13.1. The Morgan fingerprint density at radius 2 is 1.79 bits per heavy atom. The van der Waals surface area contributed by atoms with Gasteiger partial charge in [0, 0.05) is 18.8 Å². The summed E-state index contributed by atoms with van der Waals surface area (Å²) < 4.78 is 18.6. The van der Waals surface area contributed by atoms with Crippen LogP contribution in [0, 0.1) is 5.82 Å². The highest BCUT2D eigenvalue weighted by atomic mass is 19.1. The fraction of sp³-hybridized carbons (Fsp3) is 0.278. The minimum Gasteiger partial charge on any atom is -0.378 e. The molecule has 2 aromatic rings. The smallest absolute Gasteiger partial charge is 0.255 e. The molecule has 0 radical (unpaired) electrons. The third kappa shape index (κ3) is 3.39. The molecule has 24 heavy (non-hydrogen) atoms. The van der Waals surface area contributed by atoms with Crippen LogP contribution < -0.4 is 10.4 Å². The molecule has 1 aliphatic heterocycles. The number of nitrogens with one attached hydrogen (secondary N) is 1. The number of hydrogen-bond acceptors (Lipinski definition) is 4. The van der Waals surface area contributed by atoms with Crippen LogP contribution in [-0.4, -0.2) is 37.4 Å². The van der Waals surface area contributed by atoms with E-state index in [1.807, 2.05) is 24.3 Å². The quantitative estimate of drug-likeness (QED) is 0.667. The largest absolute Gasteiger partial charge is 0.378 e. The molecule has 6 heteroatoms. The topological polar surface area (TPSA) is 61.8 Å². The van der Waals surface area contributed by atoms with Gasteiger partial charge in [-0.1, -0.05) is 30.3 Å². The lowest BCUT2D eigenvalue weighted by Gasteiger charge is -2.32. The van der Waals surface area contributed by atoms with Crippen LogP contribution in [0.3, 0.4) is 0 Å². The van der Waals surface area contributed by atoms with Gasteiger partial charge >= 0.3 is 0 Å². The van der Waals surface area contributed by atoms with E-state index in [1.165, 1.54) is 12.1 Å². The number of amides is 1. The Morgan fingerprint density at radius 3 is 2.46 bits per heavy atom. The molecule has 1 heterocycles. The van der Waals surface area contributed by atoms with Crippen molar-refractivity contribution in [3.8, 4) is 0 Å². The van der Waals surface area contributed by atoms with Crippen LogP contribution in [0.15, 0.2) is 48.5 Å². The fourth-order valence-corrected chi connectivity index (χ4v) is 3.02. The molecule has 3 rings (SSSR count). The molecule has 2 aromatic carbocycles. The molecule has 0 spiro atoms. The number of morpholine rings is 1. The summed E-state index contributed by atoms with van der Waals surface area (Å²) in [7, 11) is 0. The maximum Gasteiger partial charge on any atom is 0.255 e. The van der Waals surface area contributed by atoms with Crippen molar-refractivity contribution in [2.24, 2.45) is 0 Å². The average Bonchev–Trinajstić information content (AvgIpc) is 2.64. The average molecular weight is 330 g/mol. The van der Waals surface area contributed by atoms with Gasteiger partial charge in [0.2, 0.25) is 0 Å². The Labute approximate surface area is 139 Å². The highest BCUT2D eigenvalue weighted by molar-refractivity contribution is 5.88. The second kappa shape index (κ2) is 7.42. The van der Waals surface area contributed by atoms with Crippen LogP contribution >= 0.6 is 0 Å². The summed E-state index contributed by atoms with van der Waals surface area (Å²) in [5, 5.41) is 9.18. The molecule has 1 amide bonds. The molecule has 0 bridgehead atoms. The molecule has 1 aliphatic rings. The van der Waals surface area contributed by atoms with Crippen LogP contribution in [0.5, 0.6) is 0 Å². The van der Waals surface area contributed by atoms with Crippen molar-refractivity contribution >= 4 is 11.6 Å². The molecule has 1 unspecified atom stereocenters. The lowest BCUT2D eigenvalue weighted by molar-refractivity contribution is -0.129. The first-order chi connectivity index (χ1) is 11.7. The summed E-state index contributed by atoms with van der Waals surface area (Å²) in [5.41, 5.74) is 4.02. The van der Waals surface area contributed by atoms with Crippen molar-refractivity contribution in [2.75, 3.05) is 31.2 Å². The molecule has 5 nitrogen and oxygen atoms in total. The summed E-state index contributed by atoms with van der Waals surface area (Å²) >= 11 is 0. The fourth-order valence-electron chi connectivity index (χ4n) is 3.02. The molecule has 0 saturated carbocycles. The van der Waals surface area contributed by atoms with Gasteiger partial charge in [-0.25, -0.2) is 9.87 Å². The van der Waals surface area contributed by atoms with E-state index in [1.54, 1.807) is 17.6 Å². The molecular weight excluding hydrogens is 311 g/mol. The highest BCUT2D eigenvalue weighted by Gasteiger charge is 2.27.